The topological polar surface area (TPSA) is 57.6 Å². The smallest absolute Gasteiger partial charge is 0.274 e. The summed E-state index contributed by atoms with van der Waals surface area (Å²) in [6.45, 7) is 5.25. The van der Waals surface area contributed by atoms with Crippen LogP contribution in [0.25, 0.3) is 0 Å². The standard InChI is InChI=1S/C22H28N4O2S/c1-24-8-6-17(7-9-24)25-12-15-11-16(14-25)19-5-4-18(22(28)26(19)13-15)23-21(27)20-3-2-10-29-20/h2-5,10,15-17H,6-9,11-14H2,1H3,(H,23,27). The van der Waals surface area contributed by atoms with Gasteiger partial charge >= 0.3 is 0 Å². The third kappa shape index (κ3) is 3.67. The van der Waals surface area contributed by atoms with E-state index in [0.29, 0.717) is 28.4 Å². The Morgan fingerprint density at radius 1 is 1.14 bits per heavy atom. The van der Waals surface area contributed by atoms with Crippen molar-refractivity contribution in [2.75, 3.05) is 38.5 Å². The van der Waals surface area contributed by atoms with Gasteiger partial charge in [-0.05, 0) is 68.9 Å². The fraction of sp³-hybridized carbons (Fsp3) is 0.545. The maximum Gasteiger partial charge on any atom is 0.274 e. The van der Waals surface area contributed by atoms with Crippen molar-refractivity contribution in [3.63, 3.8) is 0 Å². The molecule has 2 atom stereocenters. The molecule has 2 unspecified atom stereocenters. The molecule has 0 aromatic carbocycles. The van der Waals surface area contributed by atoms with E-state index in [2.05, 4.69) is 28.2 Å². The summed E-state index contributed by atoms with van der Waals surface area (Å²) < 4.78 is 1.93. The van der Waals surface area contributed by atoms with E-state index in [1.54, 1.807) is 12.1 Å². The Hall–Kier alpha value is -1.96. The molecule has 1 amide bonds. The summed E-state index contributed by atoms with van der Waals surface area (Å²) in [5.41, 5.74) is 1.46. The van der Waals surface area contributed by atoms with E-state index in [4.69, 9.17) is 0 Å². The molecule has 2 saturated heterocycles. The molecule has 5 heterocycles. The van der Waals surface area contributed by atoms with Crippen molar-refractivity contribution in [2.45, 2.75) is 37.8 Å². The second-order valence-electron chi connectivity index (χ2n) is 8.81. The molecule has 0 spiro atoms. The fourth-order valence-electron chi connectivity index (χ4n) is 5.33. The van der Waals surface area contributed by atoms with Crippen LogP contribution in [0.1, 0.15) is 40.5 Å². The van der Waals surface area contributed by atoms with Crippen molar-refractivity contribution >= 4 is 22.9 Å². The van der Waals surface area contributed by atoms with Gasteiger partial charge in [0.25, 0.3) is 11.5 Å². The van der Waals surface area contributed by atoms with Gasteiger partial charge in [0.1, 0.15) is 5.69 Å². The lowest BCUT2D eigenvalue weighted by Gasteiger charge is -2.47. The summed E-state index contributed by atoms with van der Waals surface area (Å²) in [6.07, 6.45) is 3.66. The minimum atomic E-state index is -0.206. The van der Waals surface area contributed by atoms with Gasteiger partial charge in [0, 0.05) is 37.3 Å². The van der Waals surface area contributed by atoms with Gasteiger partial charge in [-0.1, -0.05) is 6.07 Å². The number of aromatic nitrogens is 1. The highest BCUT2D eigenvalue weighted by atomic mass is 32.1. The molecule has 7 heteroatoms. The van der Waals surface area contributed by atoms with Crippen molar-refractivity contribution in [3.05, 3.63) is 50.6 Å². The molecule has 3 aliphatic heterocycles. The maximum atomic E-state index is 13.1. The van der Waals surface area contributed by atoms with E-state index in [9.17, 15) is 9.59 Å². The number of thiophene rings is 1. The molecular weight excluding hydrogens is 384 g/mol. The lowest BCUT2D eigenvalue weighted by Crippen LogP contribution is -2.53. The van der Waals surface area contributed by atoms with Crippen molar-refractivity contribution in [1.82, 2.24) is 14.4 Å². The summed E-state index contributed by atoms with van der Waals surface area (Å²) in [5, 5.41) is 4.68. The molecular formula is C22H28N4O2S. The number of likely N-dealkylation sites (tertiary alicyclic amines) is 2. The molecule has 5 rings (SSSR count). The highest BCUT2D eigenvalue weighted by molar-refractivity contribution is 7.12. The Balaban J connectivity index is 1.35. The first-order chi connectivity index (χ1) is 14.1. The zero-order valence-corrected chi connectivity index (χ0v) is 17.7. The number of hydrogen-bond acceptors (Lipinski definition) is 5. The lowest BCUT2D eigenvalue weighted by molar-refractivity contribution is 0.0517. The van der Waals surface area contributed by atoms with E-state index < -0.39 is 0 Å². The molecule has 2 bridgehead atoms. The highest BCUT2D eigenvalue weighted by Crippen LogP contribution is 2.37. The molecule has 1 N–H and O–H groups in total. The van der Waals surface area contributed by atoms with Gasteiger partial charge in [-0.2, -0.15) is 0 Å². The number of nitrogens with one attached hydrogen (secondary N) is 1. The number of carbonyl (C=O) groups excluding carboxylic acids is 1. The Morgan fingerprint density at radius 3 is 2.72 bits per heavy atom. The molecule has 3 aliphatic rings. The number of nitrogens with zero attached hydrogens (tertiary/aromatic N) is 3. The van der Waals surface area contributed by atoms with Crippen LogP contribution in [0.4, 0.5) is 5.69 Å². The average Bonchev–Trinajstić information content (AvgIpc) is 3.26. The molecule has 2 fully saturated rings. The van der Waals surface area contributed by atoms with Crippen molar-refractivity contribution in [1.29, 1.82) is 0 Å². The van der Waals surface area contributed by atoms with Gasteiger partial charge in [-0.25, -0.2) is 0 Å². The molecule has 0 aliphatic carbocycles. The Morgan fingerprint density at radius 2 is 1.97 bits per heavy atom. The van der Waals surface area contributed by atoms with Crippen LogP contribution >= 0.6 is 11.3 Å². The number of hydrogen-bond donors (Lipinski definition) is 1. The van der Waals surface area contributed by atoms with Crippen LogP contribution in [0, 0.1) is 5.92 Å². The number of anilines is 1. The van der Waals surface area contributed by atoms with Gasteiger partial charge in [0.05, 0.1) is 4.88 Å². The van der Waals surface area contributed by atoms with Crippen LogP contribution in [-0.4, -0.2) is 59.5 Å². The molecule has 6 nitrogen and oxygen atoms in total. The number of amides is 1. The van der Waals surface area contributed by atoms with Crippen molar-refractivity contribution in [3.8, 4) is 0 Å². The van der Waals surface area contributed by atoms with Gasteiger partial charge in [-0.3, -0.25) is 14.5 Å². The number of carbonyl (C=O) groups is 1. The van der Waals surface area contributed by atoms with Crippen LogP contribution in [0.3, 0.4) is 0 Å². The average molecular weight is 413 g/mol. The third-order valence-corrected chi connectivity index (χ3v) is 7.70. The van der Waals surface area contributed by atoms with Gasteiger partial charge in [-0.15, -0.1) is 11.3 Å². The fourth-order valence-corrected chi connectivity index (χ4v) is 5.95. The molecule has 2 aromatic heterocycles. The van der Waals surface area contributed by atoms with E-state index in [-0.39, 0.29) is 11.5 Å². The van der Waals surface area contributed by atoms with Gasteiger partial charge in [0.2, 0.25) is 0 Å². The Bertz CT molecular complexity index is 946. The first-order valence-electron chi connectivity index (χ1n) is 10.6. The normalized spacial score (nSPS) is 25.6. The first kappa shape index (κ1) is 19.0. The predicted octanol–water partition coefficient (Wildman–Crippen LogP) is 2.68. The number of pyridine rings is 1. The zero-order valence-electron chi connectivity index (χ0n) is 16.8. The number of rotatable bonds is 3. The second kappa shape index (κ2) is 7.70. The molecule has 2 aromatic rings. The minimum Gasteiger partial charge on any atom is -0.317 e. The van der Waals surface area contributed by atoms with Gasteiger partial charge in [0.15, 0.2) is 0 Å². The van der Waals surface area contributed by atoms with Crippen molar-refractivity contribution < 1.29 is 4.79 Å². The van der Waals surface area contributed by atoms with Crippen molar-refractivity contribution in [2.24, 2.45) is 5.92 Å². The zero-order chi connectivity index (χ0) is 20.0. The van der Waals surface area contributed by atoms with Gasteiger partial charge < -0.3 is 14.8 Å². The summed E-state index contributed by atoms with van der Waals surface area (Å²) in [7, 11) is 2.21. The molecule has 0 saturated carbocycles. The predicted molar refractivity (Wildman–Crippen MR) is 116 cm³/mol. The summed E-state index contributed by atoms with van der Waals surface area (Å²) in [5.74, 6) is 0.723. The summed E-state index contributed by atoms with van der Waals surface area (Å²) >= 11 is 1.38. The van der Waals surface area contributed by atoms with E-state index in [0.717, 1.165) is 25.3 Å². The number of fused-ring (bicyclic) bond motifs is 4. The maximum absolute atomic E-state index is 13.1. The quantitative estimate of drug-likeness (QED) is 0.842. The lowest BCUT2D eigenvalue weighted by atomic mass is 9.82. The largest absolute Gasteiger partial charge is 0.317 e. The highest BCUT2D eigenvalue weighted by Gasteiger charge is 2.37. The summed E-state index contributed by atoms with van der Waals surface area (Å²) in [6, 6.07) is 8.16. The van der Waals surface area contributed by atoms with E-state index in [1.807, 2.05) is 16.0 Å². The van der Waals surface area contributed by atoms with Crippen LogP contribution in [-0.2, 0) is 6.54 Å². The van der Waals surface area contributed by atoms with Crippen LogP contribution in [0.5, 0.6) is 0 Å². The van der Waals surface area contributed by atoms with Crippen LogP contribution < -0.4 is 10.9 Å². The van der Waals surface area contributed by atoms with E-state index in [1.165, 1.54) is 43.7 Å². The minimum absolute atomic E-state index is 0.0603. The second-order valence-corrected chi connectivity index (χ2v) is 9.75. The Labute approximate surface area is 175 Å². The van der Waals surface area contributed by atoms with Crippen LogP contribution in [0.2, 0.25) is 0 Å². The first-order valence-corrected chi connectivity index (χ1v) is 11.5. The van der Waals surface area contributed by atoms with Crippen LogP contribution in [0.15, 0.2) is 34.4 Å². The molecule has 154 valence electrons. The third-order valence-electron chi connectivity index (χ3n) is 6.83. The monoisotopic (exact) mass is 412 g/mol. The summed E-state index contributed by atoms with van der Waals surface area (Å²) in [4.78, 5) is 31.2. The molecule has 29 heavy (non-hydrogen) atoms. The van der Waals surface area contributed by atoms with E-state index >= 15 is 0 Å². The number of piperidine rings is 2. The SMILES string of the molecule is CN1CCC(N2CC3CC(C2)c2ccc(NC(=O)c4cccs4)c(=O)n2C3)CC1. The molecule has 0 radical (unpaired) electrons. The Kier molecular flexibility index (Phi) is 5.05.